The first-order valence-electron chi connectivity index (χ1n) is 6.19. The Morgan fingerprint density at radius 2 is 2.39 bits per heavy atom. The number of halogens is 1. The maximum absolute atomic E-state index is 13.5. The number of hydrogen-bond donors (Lipinski definition) is 1. The lowest BCUT2D eigenvalue weighted by Gasteiger charge is -2.36. The fourth-order valence-electron chi connectivity index (χ4n) is 2.48. The van der Waals surface area contributed by atoms with E-state index in [1.54, 1.807) is 4.90 Å². The third-order valence-corrected chi connectivity index (χ3v) is 3.57. The van der Waals surface area contributed by atoms with E-state index >= 15 is 0 Å². The highest BCUT2D eigenvalue weighted by Crippen LogP contribution is 2.19. The molecule has 0 spiro atoms. The van der Waals surface area contributed by atoms with Gasteiger partial charge in [-0.15, -0.1) is 0 Å². The summed E-state index contributed by atoms with van der Waals surface area (Å²) in [5, 5.41) is 3.24. The fourth-order valence-corrected chi connectivity index (χ4v) is 2.48. The number of rotatable bonds is 2. The first kappa shape index (κ1) is 13.0. The summed E-state index contributed by atoms with van der Waals surface area (Å²) in [5.41, 5.74) is 0.111. The standard InChI is InChI=1S/C13H18FN3O/c1-9-8-17(6-4-12(9)15-2)13(18)10-3-5-16-7-11(10)14/h3,5,7,9,12,15H,4,6,8H2,1-2H3. The number of carbonyl (C=O) groups excluding carboxylic acids is 1. The van der Waals surface area contributed by atoms with Gasteiger partial charge in [0.1, 0.15) is 0 Å². The molecule has 1 aliphatic heterocycles. The molecule has 1 N–H and O–H groups in total. The number of amides is 1. The van der Waals surface area contributed by atoms with Gasteiger partial charge in [0, 0.05) is 25.3 Å². The van der Waals surface area contributed by atoms with Crippen molar-refractivity contribution in [2.24, 2.45) is 5.92 Å². The molecule has 2 atom stereocenters. The van der Waals surface area contributed by atoms with Crippen molar-refractivity contribution in [1.29, 1.82) is 0 Å². The number of aromatic nitrogens is 1. The third-order valence-electron chi connectivity index (χ3n) is 3.57. The van der Waals surface area contributed by atoms with Crippen LogP contribution < -0.4 is 5.32 Å². The molecule has 0 aromatic carbocycles. The minimum Gasteiger partial charge on any atom is -0.338 e. The van der Waals surface area contributed by atoms with E-state index in [4.69, 9.17) is 0 Å². The van der Waals surface area contributed by atoms with Gasteiger partial charge in [-0.1, -0.05) is 6.92 Å². The Bertz CT molecular complexity index is 438. The molecule has 2 unspecified atom stereocenters. The highest BCUT2D eigenvalue weighted by Gasteiger charge is 2.29. The number of nitrogens with one attached hydrogen (secondary N) is 1. The van der Waals surface area contributed by atoms with Crippen LogP contribution in [-0.4, -0.2) is 42.0 Å². The molecule has 2 rings (SSSR count). The minimum absolute atomic E-state index is 0.111. The topological polar surface area (TPSA) is 45.2 Å². The van der Waals surface area contributed by atoms with E-state index < -0.39 is 5.82 Å². The Morgan fingerprint density at radius 3 is 3.00 bits per heavy atom. The number of piperidine rings is 1. The Hall–Kier alpha value is -1.49. The average molecular weight is 251 g/mol. The van der Waals surface area contributed by atoms with Crippen LogP contribution in [0, 0.1) is 11.7 Å². The number of hydrogen-bond acceptors (Lipinski definition) is 3. The summed E-state index contributed by atoms with van der Waals surface area (Å²) in [6, 6.07) is 1.86. The van der Waals surface area contributed by atoms with Gasteiger partial charge in [0.05, 0.1) is 11.8 Å². The minimum atomic E-state index is -0.550. The Balaban J connectivity index is 2.10. The van der Waals surface area contributed by atoms with Crippen molar-refractivity contribution in [3.63, 3.8) is 0 Å². The smallest absolute Gasteiger partial charge is 0.256 e. The lowest BCUT2D eigenvalue weighted by Crippen LogP contribution is -2.49. The van der Waals surface area contributed by atoms with E-state index in [1.807, 2.05) is 7.05 Å². The van der Waals surface area contributed by atoms with Crippen molar-refractivity contribution in [3.8, 4) is 0 Å². The molecule has 5 heteroatoms. The zero-order chi connectivity index (χ0) is 13.1. The predicted octanol–water partition coefficient (Wildman–Crippen LogP) is 1.29. The lowest BCUT2D eigenvalue weighted by atomic mass is 9.93. The molecule has 0 saturated carbocycles. The van der Waals surface area contributed by atoms with Crippen LogP contribution in [0.3, 0.4) is 0 Å². The molecular formula is C13H18FN3O. The molecule has 1 aliphatic rings. The monoisotopic (exact) mass is 251 g/mol. The van der Waals surface area contributed by atoms with Crippen LogP contribution >= 0.6 is 0 Å². The highest BCUT2D eigenvalue weighted by atomic mass is 19.1. The summed E-state index contributed by atoms with van der Waals surface area (Å²) in [7, 11) is 1.93. The molecule has 1 aromatic rings. The van der Waals surface area contributed by atoms with E-state index in [0.29, 0.717) is 25.0 Å². The van der Waals surface area contributed by atoms with Gasteiger partial charge in [-0.05, 0) is 25.5 Å². The first-order chi connectivity index (χ1) is 8.63. The maximum atomic E-state index is 13.5. The second-order valence-electron chi connectivity index (χ2n) is 4.77. The summed E-state index contributed by atoms with van der Waals surface area (Å²) in [6.45, 7) is 3.42. The van der Waals surface area contributed by atoms with E-state index in [9.17, 15) is 9.18 Å². The van der Waals surface area contributed by atoms with Crippen molar-refractivity contribution in [2.45, 2.75) is 19.4 Å². The zero-order valence-corrected chi connectivity index (χ0v) is 10.7. The zero-order valence-electron chi connectivity index (χ0n) is 10.7. The summed E-state index contributed by atoms with van der Waals surface area (Å²) in [5.74, 6) is -0.417. The van der Waals surface area contributed by atoms with Crippen LogP contribution in [0.1, 0.15) is 23.7 Å². The molecule has 1 amide bonds. The molecule has 1 saturated heterocycles. The van der Waals surface area contributed by atoms with Crippen LogP contribution in [-0.2, 0) is 0 Å². The van der Waals surface area contributed by atoms with E-state index in [1.165, 1.54) is 12.3 Å². The van der Waals surface area contributed by atoms with Gasteiger partial charge in [0.15, 0.2) is 5.82 Å². The number of pyridine rings is 1. The van der Waals surface area contributed by atoms with E-state index in [-0.39, 0.29) is 11.5 Å². The van der Waals surface area contributed by atoms with Crippen molar-refractivity contribution in [2.75, 3.05) is 20.1 Å². The molecule has 0 bridgehead atoms. The summed E-state index contributed by atoms with van der Waals surface area (Å²) in [4.78, 5) is 17.6. The largest absolute Gasteiger partial charge is 0.338 e. The van der Waals surface area contributed by atoms with E-state index in [0.717, 1.165) is 12.6 Å². The van der Waals surface area contributed by atoms with E-state index in [2.05, 4.69) is 17.2 Å². The Labute approximate surface area is 106 Å². The fraction of sp³-hybridized carbons (Fsp3) is 0.538. The second-order valence-corrected chi connectivity index (χ2v) is 4.77. The molecule has 98 valence electrons. The van der Waals surface area contributed by atoms with Gasteiger partial charge in [0.2, 0.25) is 0 Å². The van der Waals surface area contributed by atoms with Gasteiger partial charge in [0.25, 0.3) is 5.91 Å². The number of nitrogens with zero attached hydrogens (tertiary/aromatic N) is 2. The first-order valence-corrected chi connectivity index (χ1v) is 6.19. The normalized spacial score (nSPS) is 24.1. The molecular weight excluding hydrogens is 233 g/mol. The SMILES string of the molecule is CNC1CCN(C(=O)c2ccncc2F)CC1C. The Morgan fingerprint density at radius 1 is 1.61 bits per heavy atom. The molecule has 18 heavy (non-hydrogen) atoms. The highest BCUT2D eigenvalue weighted by molar-refractivity contribution is 5.94. The van der Waals surface area contributed by atoms with Crippen LogP contribution in [0.5, 0.6) is 0 Å². The van der Waals surface area contributed by atoms with Gasteiger partial charge in [-0.2, -0.15) is 0 Å². The summed E-state index contributed by atoms with van der Waals surface area (Å²) >= 11 is 0. The summed E-state index contributed by atoms with van der Waals surface area (Å²) < 4.78 is 13.5. The molecule has 0 aliphatic carbocycles. The van der Waals surface area contributed by atoms with Crippen molar-refractivity contribution in [1.82, 2.24) is 15.2 Å². The molecule has 1 aromatic heterocycles. The third kappa shape index (κ3) is 2.51. The number of carbonyl (C=O) groups is 1. The van der Waals surface area contributed by atoms with Gasteiger partial charge >= 0.3 is 0 Å². The number of likely N-dealkylation sites (tertiary alicyclic amines) is 1. The van der Waals surface area contributed by atoms with Gasteiger partial charge in [-0.25, -0.2) is 4.39 Å². The second kappa shape index (κ2) is 5.44. The van der Waals surface area contributed by atoms with Crippen LogP contribution in [0.25, 0.3) is 0 Å². The van der Waals surface area contributed by atoms with Gasteiger partial charge < -0.3 is 10.2 Å². The lowest BCUT2D eigenvalue weighted by molar-refractivity contribution is 0.0644. The summed E-state index contributed by atoms with van der Waals surface area (Å²) in [6.07, 6.45) is 3.42. The van der Waals surface area contributed by atoms with Crippen molar-refractivity contribution >= 4 is 5.91 Å². The quantitative estimate of drug-likeness (QED) is 0.861. The average Bonchev–Trinajstić information content (AvgIpc) is 2.38. The molecule has 1 fully saturated rings. The predicted molar refractivity (Wildman–Crippen MR) is 66.7 cm³/mol. The molecule has 0 radical (unpaired) electrons. The maximum Gasteiger partial charge on any atom is 0.256 e. The van der Waals surface area contributed by atoms with Crippen molar-refractivity contribution < 1.29 is 9.18 Å². The Kier molecular flexibility index (Phi) is 3.91. The van der Waals surface area contributed by atoms with Crippen molar-refractivity contribution in [3.05, 3.63) is 29.8 Å². The van der Waals surface area contributed by atoms with Gasteiger partial charge in [-0.3, -0.25) is 9.78 Å². The van der Waals surface area contributed by atoms with Crippen LogP contribution in [0.4, 0.5) is 4.39 Å². The van der Waals surface area contributed by atoms with Crippen LogP contribution in [0.2, 0.25) is 0 Å². The molecule has 2 heterocycles. The molecule has 4 nitrogen and oxygen atoms in total. The van der Waals surface area contributed by atoms with Crippen LogP contribution in [0.15, 0.2) is 18.5 Å².